The fraction of sp³-hybridized carbons (Fsp3) is 0.611. The number of pyridine rings is 1. The van der Waals surface area contributed by atoms with Crippen LogP contribution < -0.4 is 9.64 Å². The zero-order valence-corrected chi connectivity index (χ0v) is 14.4. The van der Waals surface area contributed by atoms with E-state index in [9.17, 15) is 10.1 Å². The fourth-order valence-corrected chi connectivity index (χ4v) is 4.05. The molecule has 0 N–H and O–H groups in total. The van der Waals surface area contributed by atoms with Crippen LogP contribution in [0.4, 0.5) is 5.69 Å². The first kappa shape index (κ1) is 16.6. The molecule has 1 aromatic rings. The quantitative estimate of drug-likeness (QED) is 0.847. The highest BCUT2D eigenvalue weighted by Gasteiger charge is 2.48. The molecule has 0 saturated carbocycles. The predicted molar refractivity (Wildman–Crippen MR) is 90.9 cm³/mol. The van der Waals surface area contributed by atoms with Gasteiger partial charge in [-0.1, -0.05) is 6.92 Å². The minimum atomic E-state index is -0.295. The monoisotopic (exact) mass is 328 g/mol. The van der Waals surface area contributed by atoms with Crippen molar-refractivity contribution in [3.05, 3.63) is 17.8 Å². The summed E-state index contributed by atoms with van der Waals surface area (Å²) in [6.45, 7) is 5.29. The number of amides is 1. The Morgan fingerprint density at radius 1 is 1.42 bits per heavy atom. The van der Waals surface area contributed by atoms with E-state index in [1.165, 1.54) is 7.11 Å². The van der Waals surface area contributed by atoms with E-state index >= 15 is 0 Å². The van der Waals surface area contributed by atoms with Gasteiger partial charge in [0.1, 0.15) is 11.6 Å². The van der Waals surface area contributed by atoms with Crippen LogP contribution >= 0.6 is 0 Å². The molecule has 3 rings (SSSR count). The lowest BCUT2D eigenvalue weighted by atomic mass is 9.78. The molecular formula is C18H24N4O2. The Balaban J connectivity index is 1.86. The summed E-state index contributed by atoms with van der Waals surface area (Å²) in [5.41, 5.74) is 0.976. The molecule has 1 spiro atoms. The van der Waals surface area contributed by atoms with Crippen molar-refractivity contribution in [2.45, 2.75) is 32.6 Å². The zero-order valence-electron chi connectivity index (χ0n) is 14.4. The van der Waals surface area contributed by atoms with Crippen molar-refractivity contribution in [3.63, 3.8) is 0 Å². The average molecular weight is 328 g/mol. The van der Waals surface area contributed by atoms with Gasteiger partial charge >= 0.3 is 0 Å². The summed E-state index contributed by atoms with van der Waals surface area (Å²) in [4.78, 5) is 21.3. The van der Waals surface area contributed by atoms with Gasteiger partial charge in [-0.05, 0) is 31.7 Å². The van der Waals surface area contributed by atoms with E-state index in [0.29, 0.717) is 18.0 Å². The first-order valence-corrected chi connectivity index (χ1v) is 8.62. The molecule has 3 heterocycles. The van der Waals surface area contributed by atoms with Crippen LogP contribution in [0.1, 0.15) is 38.2 Å². The minimum absolute atomic E-state index is 0.289. The van der Waals surface area contributed by atoms with E-state index in [0.717, 1.165) is 51.0 Å². The second-order valence-corrected chi connectivity index (χ2v) is 6.67. The molecule has 1 aromatic heterocycles. The molecule has 0 aromatic carbocycles. The average Bonchev–Trinajstić information content (AvgIpc) is 3.03. The summed E-state index contributed by atoms with van der Waals surface area (Å²) in [7, 11) is 1.52. The lowest BCUT2D eigenvalue weighted by Gasteiger charge is -2.39. The predicted octanol–water partition coefficient (Wildman–Crippen LogP) is 2.19. The summed E-state index contributed by atoms with van der Waals surface area (Å²) >= 11 is 0. The SMILES string of the molecule is CCCN1CCC[C@]2(CCN(c3ccnc(OC)c3C#N)C2)C1=O. The smallest absolute Gasteiger partial charge is 0.233 e. The van der Waals surface area contributed by atoms with Crippen LogP contribution in [0.2, 0.25) is 0 Å². The van der Waals surface area contributed by atoms with Crippen LogP contribution in [0.25, 0.3) is 0 Å². The maximum atomic E-state index is 13.0. The Morgan fingerprint density at radius 3 is 2.96 bits per heavy atom. The lowest BCUT2D eigenvalue weighted by molar-refractivity contribution is -0.145. The van der Waals surface area contributed by atoms with Crippen molar-refractivity contribution in [3.8, 4) is 11.9 Å². The first-order valence-electron chi connectivity index (χ1n) is 8.62. The number of hydrogen-bond acceptors (Lipinski definition) is 5. The van der Waals surface area contributed by atoms with Gasteiger partial charge in [-0.25, -0.2) is 4.98 Å². The molecule has 128 valence electrons. The molecule has 6 nitrogen and oxygen atoms in total. The van der Waals surface area contributed by atoms with E-state index in [2.05, 4.69) is 22.9 Å². The number of carbonyl (C=O) groups excluding carboxylic acids is 1. The van der Waals surface area contributed by atoms with Gasteiger partial charge in [0.15, 0.2) is 0 Å². The Morgan fingerprint density at radius 2 is 2.25 bits per heavy atom. The Labute approximate surface area is 143 Å². The molecule has 2 aliphatic rings. The van der Waals surface area contributed by atoms with E-state index in [1.807, 2.05) is 11.0 Å². The van der Waals surface area contributed by atoms with E-state index in [4.69, 9.17) is 4.74 Å². The van der Waals surface area contributed by atoms with Crippen LogP contribution in [-0.4, -0.2) is 49.1 Å². The van der Waals surface area contributed by atoms with E-state index < -0.39 is 0 Å². The number of carbonyl (C=O) groups is 1. The van der Waals surface area contributed by atoms with Gasteiger partial charge < -0.3 is 14.5 Å². The van der Waals surface area contributed by atoms with Crippen LogP contribution in [0, 0.1) is 16.7 Å². The Kier molecular flexibility index (Phi) is 4.61. The van der Waals surface area contributed by atoms with Crippen molar-refractivity contribution in [2.24, 2.45) is 5.41 Å². The van der Waals surface area contributed by atoms with Gasteiger partial charge in [-0.2, -0.15) is 5.26 Å². The number of methoxy groups -OCH3 is 1. The fourth-order valence-electron chi connectivity index (χ4n) is 4.05. The van der Waals surface area contributed by atoms with Crippen molar-refractivity contribution < 1.29 is 9.53 Å². The lowest BCUT2D eigenvalue weighted by Crippen LogP contribution is -2.50. The molecule has 2 fully saturated rings. The number of likely N-dealkylation sites (tertiary alicyclic amines) is 1. The summed E-state index contributed by atoms with van der Waals surface area (Å²) in [6.07, 6.45) is 5.50. The Hall–Kier alpha value is -2.29. The molecule has 2 aliphatic heterocycles. The number of nitriles is 1. The maximum Gasteiger partial charge on any atom is 0.233 e. The highest BCUT2D eigenvalue weighted by Crippen LogP contribution is 2.42. The van der Waals surface area contributed by atoms with Crippen LogP contribution in [0.5, 0.6) is 5.88 Å². The van der Waals surface area contributed by atoms with Gasteiger partial charge in [0, 0.05) is 32.4 Å². The summed E-state index contributed by atoms with van der Waals surface area (Å²) in [5, 5.41) is 9.48. The van der Waals surface area contributed by atoms with Crippen LogP contribution in [-0.2, 0) is 4.79 Å². The number of anilines is 1. The van der Waals surface area contributed by atoms with Gasteiger partial charge in [0.25, 0.3) is 0 Å². The molecule has 1 amide bonds. The zero-order chi connectivity index (χ0) is 17.2. The normalized spacial score (nSPS) is 23.6. The summed E-state index contributed by atoms with van der Waals surface area (Å²) in [5.74, 6) is 0.635. The number of piperidine rings is 1. The second kappa shape index (κ2) is 6.68. The number of nitrogens with zero attached hydrogens (tertiary/aromatic N) is 4. The first-order chi connectivity index (χ1) is 11.6. The molecule has 0 unspecified atom stereocenters. The largest absolute Gasteiger partial charge is 0.480 e. The van der Waals surface area contributed by atoms with Gasteiger partial charge in [-0.15, -0.1) is 0 Å². The molecule has 24 heavy (non-hydrogen) atoms. The van der Waals surface area contributed by atoms with E-state index in [-0.39, 0.29) is 11.3 Å². The van der Waals surface area contributed by atoms with Gasteiger partial charge in [-0.3, -0.25) is 4.79 Å². The maximum absolute atomic E-state index is 13.0. The summed E-state index contributed by atoms with van der Waals surface area (Å²) < 4.78 is 5.21. The van der Waals surface area contributed by atoms with Gasteiger partial charge in [0.05, 0.1) is 18.2 Å². The molecule has 6 heteroatoms. The molecule has 0 aliphatic carbocycles. The van der Waals surface area contributed by atoms with Crippen molar-refractivity contribution >= 4 is 11.6 Å². The topological polar surface area (TPSA) is 69.5 Å². The van der Waals surface area contributed by atoms with Gasteiger partial charge in [0.2, 0.25) is 11.8 Å². The third kappa shape index (κ3) is 2.68. The minimum Gasteiger partial charge on any atom is -0.480 e. The molecule has 2 saturated heterocycles. The van der Waals surface area contributed by atoms with Crippen LogP contribution in [0.3, 0.4) is 0 Å². The number of hydrogen-bond donors (Lipinski definition) is 0. The molecule has 1 atom stereocenters. The summed E-state index contributed by atoms with van der Waals surface area (Å²) in [6, 6.07) is 4.04. The third-order valence-electron chi connectivity index (χ3n) is 5.21. The second-order valence-electron chi connectivity index (χ2n) is 6.67. The van der Waals surface area contributed by atoms with Crippen LogP contribution in [0.15, 0.2) is 12.3 Å². The number of rotatable bonds is 4. The number of aromatic nitrogens is 1. The Bertz CT molecular complexity index is 667. The highest BCUT2D eigenvalue weighted by molar-refractivity contribution is 5.85. The number of ether oxygens (including phenoxy) is 1. The van der Waals surface area contributed by atoms with E-state index in [1.54, 1.807) is 6.20 Å². The standard InChI is InChI=1S/C18H24N4O2/c1-3-9-21-10-4-6-18(17(21)23)7-11-22(13-18)15-5-8-20-16(24-2)14(15)12-19/h5,8H,3-4,6-7,9-11,13H2,1-2H3/t18-/m1/s1. The van der Waals surface area contributed by atoms with Crippen molar-refractivity contribution in [1.82, 2.24) is 9.88 Å². The molecule has 0 bridgehead atoms. The van der Waals surface area contributed by atoms with Crippen molar-refractivity contribution in [2.75, 3.05) is 38.2 Å². The highest BCUT2D eigenvalue weighted by atomic mass is 16.5. The molecule has 0 radical (unpaired) electrons. The molecular weight excluding hydrogens is 304 g/mol. The van der Waals surface area contributed by atoms with Crippen molar-refractivity contribution in [1.29, 1.82) is 5.26 Å². The third-order valence-corrected chi connectivity index (χ3v) is 5.21.